The second-order valence-corrected chi connectivity index (χ2v) is 5.24. The van der Waals surface area contributed by atoms with Gasteiger partial charge in [0.25, 0.3) is 10.1 Å². The molecule has 14 heavy (non-hydrogen) atoms. The van der Waals surface area contributed by atoms with E-state index in [-0.39, 0.29) is 13.0 Å². The van der Waals surface area contributed by atoms with Crippen molar-refractivity contribution < 1.29 is 22.5 Å². The fraction of sp³-hybridized carbons (Fsp3) is 0.857. The molecule has 0 aliphatic rings. The molecule has 0 aromatic heterocycles. The first-order valence-electron chi connectivity index (χ1n) is 4.00. The molecule has 0 fully saturated rings. The van der Waals surface area contributed by atoms with Gasteiger partial charge < -0.3 is 10.5 Å². The molecule has 0 spiro atoms. The van der Waals surface area contributed by atoms with Gasteiger partial charge in [0, 0.05) is 5.54 Å². The zero-order chi connectivity index (χ0) is 11.4. The first-order chi connectivity index (χ1) is 6.10. The van der Waals surface area contributed by atoms with Crippen LogP contribution in [-0.2, 0) is 19.6 Å². The number of rotatable bonds is 5. The SMILES string of the molecule is CC(C)(N)CC(=O)OCCS(=O)(=O)O. The van der Waals surface area contributed by atoms with Crippen LogP contribution < -0.4 is 5.73 Å². The summed E-state index contributed by atoms with van der Waals surface area (Å²) in [6.07, 6.45) is -0.00151. The van der Waals surface area contributed by atoms with Crippen molar-refractivity contribution in [3.63, 3.8) is 0 Å². The third-order valence-corrected chi connectivity index (χ3v) is 1.89. The van der Waals surface area contributed by atoms with Crippen molar-refractivity contribution in [3.8, 4) is 0 Å². The van der Waals surface area contributed by atoms with Crippen LogP contribution in [0.25, 0.3) is 0 Å². The molecule has 0 bridgehead atoms. The molecule has 0 heterocycles. The Morgan fingerprint density at radius 3 is 2.36 bits per heavy atom. The van der Waals surface area contributed by atoms with Crippen molar-refractivity contribution in [1.82, 2.24) is 0 Å². The molecular weight excluding hydrogens is 210 g/mol. The van der Waals surface area contributed by atoms with Crippen LogP contribution in [0.15, 0.2) is 0 Å². The molecule has 0 saturated carbocycles. The number of hydrogen-bond donors (Lipinski definition) is 2. The van der Waals surface area contributed by atoms with E-state index < -0.39 is 27.4 Å². The molecule has 3 N–H and O–H groups in total. The topological polar surface area (TPSA) is 107 Å². The summed E-state index contributed by atoms with van der Waals surface area (Å²) in [5.74, 6) is -1.18. The Labute approximate surface area is 83.2 Å². The highest BCUT2D eigenvalue weighted by molar-refractivity contribution is 7.85. The van der Waals surface area contributed by atoms with Gasteiger partial charge >= 0.3 is 5.97 Å². The Hall–Kier alpha value is -0.660. The van der Waals surface area contributed by atoms with Crippen LogP contribution in [-0.4, -0.2) is 36.8 Å². The van der Waals surface area contributed by atoms with E-state index in [0.717, 1.165) is 0 Å². The first-order valence-corrected chi connectivity index (χ1v) is 5.61. The van der Waals surface area contributed by atoms with Crippen LogP contribution in [0.5, 0.6) is 0 Å². The minimum Gasteiger partial charge on any atom is -0.464 e. The van der Waals surface area contributed by atoms with Crippen LogP contribution >= 0.6 is 0 Å². The third-order valence-electron chi connectivity index (χ3n) is 1.20. The van der Waals surface area contributed by atoms with E-state index in [4.69, 9.17) is 10.3 Å². The van der Waals surface area contributed by atoms with Gasteiger partial charge in [-0.2, -0.15) is 8.42 Å². The minimum atomic E-state index is -4.07. The molecule has 0 rings (SSSR count). The predicted octanol–water partition coefficient (Wildman–Crippen LogP) is -0.455. The van der Waals surface area contributed by atoms with Crippen LogP contribution in [0.4, 0.5) is 0 Å². The zero-order valence-corrected chi connectivity index (χ0v) is 9.00. The maximum absolute atomic E-state index is 11.0. The van der Waals surface area contributed by atoms with Crippen molar-refractivity contribution in [2.75, 3.05) is 12.4 Å². The molecule has 6 nitrogen and oxygen atoms in total. The second kappa shape index (κ2) is 4.72. The smallest absolute Gasteiger partial charge is 0.307 e. The molecule has 0 atom stereocenters. The van der Waals surface area contributed by atoms with Gasteiger partial charge in [-0.25, -0.2) is 0 Å². The maximum atomic E-state index is 11.0. The highest BCUT2D eigenvalue weighted by atomic mass is 32.2. The van der Waals surface area contributed by atoms with Gasteiger partial charge in [0.1, 0.15) is 12.4 Å². The fourth-order valence-electron chi connectivity index (χ4n) is 0.684. The summed E-state index contributed by atoms with van der Waals surface area (Å²) in [7, 11) is -4.07. The average Bonchev–Trinajstić information content (AvgIpc) is 1.78. The molecule has 0 radical (unpaired) electrons. The average molecular weight is 225 g/mol. The summed E-state index contributed by atoms with van der Waals surface area (Å²) in [6.45, 7) is 2.95. The molecule has 0 aliphatic carbocycles. The van der Waals surface area contributed by atoms with Crippen molar-refractivity contribution >= 4 is 16.1 Å². The standard InChI is InChI=1S/C7H15NO5S/c1-7(2,8)5-6(9)13-3-4-14(10,11)12/h3-5,8H2,1-2H3,(H,10,11,12). The van der Waals surface area contributed by atoms with Crippen molar-refractivity contribution in [2.45, 2.75) is 25.8 Å². The van der Waals surface area contributed by atoms with Gasteiger partial charge in [-0.15, -0.1) is 0 Å². The lowest BCUT2D eigenvalue weighted by Crippen LogP contribution is -2.35. The van der Waals surface area contributed by atoms with E-state index in [0.29, 0.717) is 0 Å². The number of carbonyl (C=O) groups is 1. The van der Waals surface area contributed by atoms with Gasteiger partial charge in [-0.3, -0.25) is 9.35 Å². The summed E-state index contributed by atoms with van der Waals surface area (Å²) in [5, 5.41) is 0. The van der Waals surface area contributed by atoms with Crippen molar-refractivity contribution in [2.24, 2.45) is 5.73 Å². The highest BCUT2D eigenvalue weighted by Crippen LogP contribution is 2.04. The van der Waals surface area contributed by atoms with Gasteiger partial charge in [0.2, 0.25) is 0 Å². The Kier molecular flexibility index (Phi) is 4.50. The molecule has 7 heteroatoms. The summed E-state index contributed by atoms with van der Waals surface area (Å²) < 4.78 is 33.3. The first kappa shape index (κ1) is 13.3. The highest BCUT2D eigenvalue weighted by Gasteiger charge is 2.17. The van der Waals surface area contributed by atoms with Crippen LogP contribution in [0, 0.1) is 0 Å². The number of hydrogen-bond acceptors (Lipinski definition) is 5. The Morgan fingerprint density at radius 2 is 2.00 bits per heavy atom. The molecule has 0 saturated heterocycles. The second-order valence-electron chi connectivity index (χ2n) is 3.67. The Morgan fingerprint density at radius 1 is 1.50 bits per heavy atom. The van der Waals surface area contributed by atoms with Crippen LogP contribution in [0.2, 0.25) is 0 Å². The molecular formula is C7H15NO5S. The number of ether oxygens (including phenoxy) is 1. The molecule has 0 unspecified atom stereocenters. The fourth-order valence-corrected chi connectivity index (χ4v) is 0.978. The lowest BCUT2D eigenvalue weighted by molar-refractivity contribution is -0.144. The predicted molar refractivity (Wildman–Crippen MR) is 50.3 cm³/mol. The van der Waals surface area contributed by atoms with Gasteiger partial charge in [0.15, 0.2) is 0 Å². The summed E-state index contributed by atoms with van der Waals surface area (Å²) in [6, 6.07) is 0. The quantitative estimate of drug-likeness (QED) is 0.484. The van der Waals surface area contributed by atoms with Gasteiger partial charge in [-0.05, 0) is 13.8 Å². The summed E-state index contributed by atoms with van der Waals surface area (Å²) in [4.78, 5) is 11.0. The van der Waals surface area contributed by atoms with Gasteiger partial charge in [-0.1, -0.05) is 0 Å². The lowest BCUT2D eigenvalue weighted by Gasteiger charge is -2.16. The summed E-state index contributed by atoms with van der Waals surface area (Å²) in [5.41, 5.74) is 4.84. The molecule has 0 aromatic rings. The molecule has 0 aromatic carbocycles. The molecule has 84 valence electrons. The lowest BCUT2D eigenvalue weighted by atomic mass is 10.0. The Bertz CT molecular complexity index is 290. The van der Waals surface area contributed by atoms with E-state index in [1.807, 2.05) is 0 Å². The number of carbonyl (C=O) groups excluding carboxylic acids is 1. The normalized spacial score (nSPS) is 12.6. The molecule has 0 aliphatic heterocycles. The zero-order valence-electron chi connectivity index (χ0n) is 8.19. The monoisotopic (exact) mass is 225 g/mol. The van der Waals surface area contributed by atoms with Crippen LogP contribution in [0.3, 0.4) is 0 Å². The van der Waals surface area contributed by atoms with Crippen molar-refractivity contribution in [3.05, 3.63) is 0 Å². The van der Waals surface area contributed by atoms with E-state index >= 15 is 0 Å². The van der Waals surface area contributed by atoms with Crippen molar-refractivity contribution in [1.29, 1.82) is 0 Å². The summed E-state index contributed by atoms with van der Waals surface area (Å²) >= 11 is 0. The number of esters is 1. The van der Waals surface area contributed by atoms with E-state index in [9.17, 15) is 13.2 Å². The van der Waals surface area contributed by atoms with E-state index in [1.165, 1.54) is 0 Å². The minimum absolute atomic E-state index is 0.00151. The van der Waals surface area contributed by atoms with E-state index in [1.54, 1.807) is 13.8 Å². The van der Waals surface area contributed by atoms with Gasteiger partial charge in [0.05, 0.1) is 6.42 Å². The van der Waals surface area contributed by atoms with E-state index in [2.05, 4.69) is 4.74 Å². The molecule has 0 amide bonds. The maximum Gasteiger partial charge on any atom is 0.307 e. The Balaban J connectivity index is 3.77. The number of nitrogens with two attached hydrogens (primary N) is 1. The third kappa shape index (κ3) is 9.43. The largest absolute Gasteiger partial charge is 0.464 e. The van der Waals surface area contributed by atoms with Crippen LogP contribution in [0.1, 0.15) is 20.3 Å².